The second-order valence-corrected chi connectivity index (χ2v) is 9.14. The molecule has 1 heterocycles. The van der Waals surface area contributed by atoms with Gasteiger partial charge in [-0.2, -0.15) is 0 Å². The third kappa shape index (κ3) is 2.81. The first-order valence-corrected chi connectivity index (χ1v) is 9.74. The number of amides is 5. The first-order chi connectivity index (χ1) is 12.3. The van der Waals surface area contributed by atoms with Crippen LogP contribution in [0.5, 0.6) is 0 Å². The quantitative estimate of drug-likeness (QED) is 0.594. The van der Waals surface area contributed by atoms with Gasteiger partial charge >= 0.3 is 17.8 Å². The first kappa shape index (κ1) is 17.5. The maximum atomic E-state index is 12.4. The molecule has 7 nitrogen and oxygen atoms in total. The van der Waals surface area contributed by atoms with Crippen LogP contribution in [0.3, 0.4) is 0 Å². The van der Waals surface area contributed by atoms with E-state index in [0.717, 1.165) is 27.6 Å². The van der Waals surface area contributed by atoms with E-state index in [1.807, 2.05) is 0 Å². The summed E-state index contributed by atoms with van der Waals surface area (Å²) in [5.74, 6) is 0.291. The van der Waals surface area contributed by atoms with E-state index in [0.29, 0.717) is 6.54 Å². The van der Waals surface area contributed by atoms with Crippen LogP contribution in [0.25, 0.3) is 0 Å². The van der Waals surface area contributed by atoms with E-state index in [4.69, 9.17) is 0 Å². The van der Waals surface area contributed by atoms with Crippen LogP contribution < -0.4 is 5.32 Å². The highest BCUT2D eigenvalue weighted by Gasteiger charge is 2.51. The summed E-state index contributed by atoms with van der Waals surface area (Å²) in [6.07, 6.45) is 7.58. The molecule has 5 rings (SSSR count). The zero-order chi connectivity index (χ0) is 18.6. The van der Waals surface area contributed by atoms with Crippen molar-refractivity contribution in [2.24, 2.45) is 23.2 Å². The highest BCUT2D eigenvalue weighted by molar-refractivity contribution is 6.45. The van der Waals surface area contributed by atoms with E-state index in [-0.39, 0.29) is 17.9 Å². The van der Waals surface area contributed by atoms with Gasteiger partial charge in [0.2, 0.25) is 5.91 Å². The first-order valence-electron chi connectivity index (χ1n) is 9.74. The Kier molecular flexibility index (Phi) is 4.08. The number of nitrogens with one attached hydrogen (secondary N) is 1. The largest absolute Gasteiger partial charge is 0.354 e. The Labute approximate surface area is 153 Å². The maximum absolute atomic E-state index is 12.4. The molecule has 5 fully saturated rings. The molecule has 5 aliphatic rings. The van der Waals surface area contributed by atoms with Gasteiger partial charge in [0.25, 0.3) is 0 Å². The van der Waals surface area contributed by atoms with Gasteiger partial charge in [0.15, 0.2) is 0 Å². The minimum absolute atomic E-state index is 0.198. The van der Waals surface area contributed by atoms with Gasteiger partial charge in [-0.1, -0.05) is 0 Å². The van der Waals surface area contributed by atoms with Crippen LogP contribution in [0.4, 0.5) is 4.79 Å². The van der Waals surface area contributed by atoms with E-state index in [1.54, 1.807) is 13.8 Å². The molecule has 4 aliphatic carbocycles. The third-order valence-electron chi connectivity index (χ3n) is 6.73. The van der Waals surface area contributed by atoms with E-state index in [9.17, 15) is 19.2 Å². The Morgan fingerprint density at radius 2 is 1.58 bits per heavy atom. The molecule has 0 radical (unpaired) electrons. The second-order valence-electron chi connectivity index (χ2n) is 9.14. The van der Waals surface area contributed by atoms with Crippen molar-refractivity contribution in [2.45, 2.75) is 58.4 Å². The molecule has 7 heteroatoms. The highest BCUT2D eigenvalue weighted by Crippen LogP contribution is 2.59. The lowest BCUT2D eigenvalue weighted by molar-refractivity contribution is -0.144. The number of hydrogen-bond donors (Lipinski definition) is 1. The molecule has 4 bridgehead atoms. The molecular formula is C19H27N3O4. The van der Waals surface area contributed by atoms with Gasteiger partial charge in [-0.15, -0.1) is 0 Å². The fourth-order valence-corrected chi connectivity index (χ4v) is 6.11. The van der Waals surface area contributed by atoms with Gasteiger partial charge < -0.3 is 5.32 Å². The molecule has 0 atom stereocenters. The molecule has 4 saturated carbocycles. The number of carbonyl (C=O) groups is 4. The summed E-state index contributed by atoms with van der Waals surface area (Å²) in [5.41, 5.74) is 0.198. The lowest BCUT2D eigenvalue weighted by atomic mass is 9.49. The Balaban J connectivity index is 1.36. The van der Waals surface area contributed by atoms with Crippen molar-refractivity contribution in [3.63, 3.8) is 0 Å². The molecule has 0 aromatic rings. The van der Waals surface area contributed by atoms with Crippen LogP contribution in [-0.4, -0.2) is 52.7 Å². The van der Waals surface area contributed by atoms with Crippen LogP contribution in [0, 0.1) is 23.2 Å². The summed E-state index contributed by atoms with van der Waals surface area (Å²) in [7, 11) is 0. The zero-order valence-corrected chi connectivity index (χ0v) is 15.5. The average molecular weight is 361 g/mol. The van der Waals surface area contributed by atoms with Crippen LogP contribution in [-0.2, 0) is 14.4 Å². The monoisotopic (exact) mass is 361 g/mol. The number of urea groups is 1. The van der Waals surface area contributed by atoms with Crippen LogP contribution in [0.2, 0.25) is 0 Å². The average Bonchev–Trinajstić information content (AvgIpc) is 2.75. The van der Waals surface area contributed by atoms with Crippen LogP contribution >= 0.6 is 0 Å². The normalized spacial score (nSPS) is 35.8. The summed E-state index contributed by atoms with van der Waals surface area (Å²) in [6.45, 7) is 3.58. The SMILES string of the molecule is CC(C)N1C(=O)C(=O)N(CC(=O)NCC23CC4CC(CC(C4)C2)C3)C1=O. The van der Waals surface area contributed by atoms with E-state index in [2.05, 4.69) is 5.32 Å². The van der Waals surface area contributed by atoms with Crippen LogP contribution in [0.15, 0.2) is 0 Å². The summed E-state index contributed by atoms with van der Waals surface area (Å²) >= 11 is 0. The predicted molar refractivity (Wildman–Crippen MR) is 92.7 cm³/mol. The molecule has 1 N–H and O–H groups in total. The molecule has 0 unspecified atom stereocenters. The van der Waals surface area contributed by atoms with Crippen molar-refractivity contribution in [1.82, 2.24) is 15.1 Å². The fraction of sp³-hybridized carbons (Fsp3) is 0.789. The van der Waals surface area contributed by atoms with Crippen molar-refractivity contribution >= 4 is 23.8 Å². The van der Waals surface area contributed by atoms with E-state index >= 15 is 0 Å². The van der Waals surface area contributed by atoms with Gasteiger partial charge in [0.1, 0.15) is 6.54 Å². The summed E-state index contributed by atoms with van der Waals surface area (Å²) in [4.78, 5) is 50.3. The summed E-state index contributed by atoms with van der Waals surface area (Å²) in [6, 6.07) is -1.10. The Morgan fingerprint density at radius 3 is 2.04 bits per heavy atom. The van der Waals surface area contributed by atoms with Gasteiger partial charge in [0, 0.05) is 12.6 Å². The topological polar surface area (TPSA) is 86.8 Å². The van der Waals surface area contributed by atoms with Crippen LogP contribution in [0.1, 0.15) is 52.4 Å². The Hall–Kier alpha value is -1.92. The van der Waals surface area contributed by atoms with Crippen molar-refractivity contribution in [1.29, 1.82) is 0 Å². The molecule has 26 heavy (non-hydrogen) atoms. The molecule has 0 aromatic heterocycles. The number of hydrogen-bond acceptors (Lipinski definition) is 4. The molecule has 1 aliphatic heterocycles. The molecular weight excluding hydrogens is 334 g/mol. The van der Waals surface area contributed by atoms with Crippen molar-refractivity contribution in [3.05, 3.63) is 0 Å². The lowest BCUT2D eigenvalue weighted by Crippen LogP contribution is -2.52. The Morgan fingerprint density at radius 1 is 1.04 bits per heavy atom. The lowest BCUT2D eigenvalue weighted by Gasteiger charge is -2.56. The molecule has 5 amide bonds. The second kappa shape index (κ2) is 6.06. The number of rotatable bonds is 5. The third-order valence-corrected chi connectivity index (χ3v) is 6.73. The van der Waals surface area contributed by atoms with Gasteiger partial charge in [0.05, 0.1) is 0 Å². The minimum atomic E-state index is -0.909. The predicted octanol–water partition coefficient (Wildman–Crippen LogP) is 1.52. The number of imide groups is 2. The zero-order valence-electron chi connectivity index (χ0n) is 15.5. The Bertz CT molecular complexity index is 636. The van der Waals surface area contributed by atoms with Gasteiger partial charge in [-0.05, 0) is 75.5 Å². The van der Waals surface area contributed by atoms with E-state index < -0.39 is 23.9 Å². The van der Waals surface area contributed by atoms with Crippen molar-refractivity contribution in [2.75, 3.05) is 13.1 Å². The fourth-order valence-electron chi connectivity index (χ4n) is 6.11. The molecule has 142 valence electrons. The molecule has 0 spiro atoms. The molecule has 0 aromatic carbocycles. The minimum Gasteiger partial charge on any atom is -0.354 e. The standard InChI is InChI=1S/C19H27N3O4/c1-11(2)22-17(25)16(24)21(18(22)26)9-15(23)20-10-19-6-12-3-13(7-19)5-14(4-12)8-19/h11-14H,3-10H2,1-2H3,(H,20,23). The molecule has 1 saturated heterocycles. The maximum Gasteiger partial charge on any atom is 0.334 e. The van der Waals surface area contributed by atoms with Crippen molar-refractivity contribution < 1.29 is 19.2 Å². The van der Waals surface area contributed by atoms with E-state index in [1.165, 1.54) is 38.5 Å². The smallest absolute Gasteiger partial charge is 0.334 e. The highest BCUT2D eigenvalue weighted by atomic mass is 16.2. The number of nitrogens with zero attached hydrogens (tertiary/aromatic N) is 2. The summed E-state index contributed by atoms with van der Waals surface area (Å²) < 4.78 is 0. The van der Waals surface area contributed by atoms with Crippen molar-refractivity contribution in [3.8, 4) is 0 Å². The summed E-state index contributed by atoms with van der Waals surface area (Å²) in [5, 5.41) is 2.95. The van der Waals surface area contributed by atoms with Gasteiger partial charge in [-0.3, -0.25) is 19.3 Å². The number of carbonyl (C=O) groups excluding carboxylic acids is 4. The van der Waals surface area contributed by atoms with Gasteiger partial charge in [-0.25, -0.2) is 9.69 Å².